The maximum atomic E-state index is 16.8. The molecule has 0 aliphatic carbocycles. The van der Waals surface area contributed by atoms with Gasteiger partial charge in [-0.2, -0.15) is 0 Å². The van der Waals surface area contributed by atoms with E-state index in [9.17, 15) is 13.2 Å². The fraction of sp³-hybridized carbons (Fsp3) is 0.222. The number of benzene rings is 3. The summed E-state index contributed by atoms with van der Waals surface area (Å²) in [6.45, 7) is 1.14. The predicted octanol–water partition coefficient (Wildman–Crippen LogP) is 5.79. The number of aryl methyl sites for hydroxylation is 1. The second-order valence-corrected chi connectivity index (χ2v) is 9.90. The monoisotopic (exact) mass is 466 g/mol. The molecule has 2 atom stereocenters. The van der Waals surface area contributed by atoms with E-state index in [-0.39, 0.29) is 17.7 Å². The van der Waals surface area contributed by atoms with Gasteiger partial charge in [-0.05, 0) is 42.2 Å². The highest BCUT2D eigenvalue weighted by Crippen LogP contribution is 2.38. The zero-order chi connectivity index (χ0) is 23.7. The molecular weight excluding hydrogens is 439 g/mol. The van der Waals surface area contributed by atoms with Crippen molar-refractivity contribution in [3.05, 3.63) is 108 Å². The number of sulfone groups is 1. The fourth-order valence-corrected chi connectivity index (χ4v) is 5.37. The summed E-state index contributed by atoms with van der Waals surface area (Å²) in [4.78, 5) is 11.7. The number of esters is 1. The summed E-state index contributed by atoms with van der Waals surface area (Å²) >= 11 is 0. The van der Waals surface area contributed by atoms with E-state index >= 15 is 4.39 Å². The lowest BCUT2D eigenvalue weighted by Crippen LogP contribution is -2.46. The Morgan fingerprint density at radius 3 is 2.06 bits per heavy atom. The van der Waals surface area contributed by atoms with Gasteiger partial charge in [0.05, 0.1) is 4.90 Å². The quantitative estimate of drug-likeness (QED) is 0.355. The molecule has 3 aromatic rings. The molecule has 0 amide bonds. The van der Waals surface area contributed by atoms with Gasteiger partial charge in [-0.3, -0.25) is 4.79 Å². The molecule has 0 saturated carbocycles. The van der Waals surface area contributed by atoms with Gasteiger partial charge in [0.25, 0.3) is 5.00 Å². The molecule has 172 valence electrons. The van der Waals surface area contributed by atoms with Crippen LogP contribution in [0.4, 0.5) is 4.39 Å². The highest BCUT2D eigenvalue weighted by atomic mass is 32.2. The number of rotatable bonds is 10. The average molecular weight is 467 g/mol. The minimum atomic E-state index is -4.50. The lowest BCUT2D eigenvalue weighted by atomic mass is 10.0. The van der Waals surface area contributed by atoms with Crippen LogP contribution in [0.2, 0.25) is 0 Å². The molecule has 3 rings (SSSR count). The van der Waals surface area contributed by atoms with E-state index in [1.807, 2.05) is 48.5 Å². The van der Waals surface area contributed by atoms with Crippen LogP contribution in [-0.2, 0) is 25.8 Å². The Kier molecular flexibility index (Phi) is 8.17. The number of carbonyl (C=O) groups is 1. The number of carbonyl (C=O) groups excluding carboxylic acids is 1. The van der Waals surface area contributed by atoms with Crippen molar-refractivity contribution < 1.29 is 22.3 Å². The summed E-state index contributed by atoms with van der Waals surface area (Å²) in [5.74, 6) is -0.758. The van der Waals surface area contributed by atoms with Crippen LogP contribution in [0.15, 0.2) is 102 Å². The second-order valence-electron chi connectivity index (χ2n) is 7.74. The van der Waals surface area contributed by atoms with Gasteiger partial charge in [-0.15, -0.1) is 0 Å². The Hall–Kier alpha value is -3.25. The van der Waals surface area contributed by atoms with E-state index in [0.29, 0.717) is 6.42 Å². The van der Waals surface area contributed by atoms with Crippen LogP contribution in [0.25, 0.3) is 6.08 Å². The van der Waals surface area contributed by atoms with Crippen molar-refractivity contribution in [2.24, 2.45) is 0 Å². The van der Waals surface area contributed by atoms with Gasteiger partial charge < -0.3 is 4.74 Å². The third-order valence-electron chi connectivity index (χ3n) is 5.31. The minimum absolute atomic E-state index is 0.155. The highest BCUT2D eigenvalue weighted by Gasteiger charge is 2.52. The highest BCUT2D eigenvalue weighted by molar-refractivity contribution is 7.92. The van der Waals surface area contributed by atoms with Crippen molar-refractivity contribution in [2.75, 3.05) is 0 Å². The summed E-state index contributed by atoms with van der Waals surface area (Å²) in [5, 5.41) is -2.85. The molecule has 33 heavy (non-hydrogen) atoms. The molecule has 0 heterocycles. The number of alkyl halides is 1. The third-order valence-corrected chi connectivity index (χ3v) is 7.53. The molecule has 0 fully saturated rings. The Morgan fingerprint density at radius 2 is 1.48 bits per heavy atom. The first-order valence-corrected chi connectivity index (χ1v) is 12.2. The maximum absolute atomic E-state index is 16.8. The Labute approximate surface area is 194 Å². The minimum Gasteiger partial charge on any atom is -0.454 e. The van der Waals surface area contributed by atoms with Crippen LogP contribution in [0.3, 0.4) is 0 Å². The van der Waals surface area contributed by atoms with Crippen molar-refractivity contribution in [1.29, 1.82) is 0 Å². The first-order chi connectivity index (χ1) is 15.8. The predicted molar refractivity (Wildman–Crippen MR) is 128 cm³/mol. The van der Waals surface area contributed by atoms with Crippen LogP contribution < -0.4 is 0 Å². The summed E-state index contributed by atoms with van der Waals surface area (Å²) in [6.07, 6.45) is 1.68. The molecule has 3 aromatic carbocycles. The molecule has 4 nitrogen and oxygen atoms in total. The van der Waals surface area contributed by atoms with Crippen molar-refractivity contribution in [1.82, 2.24) is 0 Å². The molecule has 6 heteroatoms. The molecule has 0 aromatic heterocycles. The molecular formula is C27H27FO4S. The smallest absolute Gasteiger partial charge is 0.303 e. The Balaban J connectivity index is 1.99. The lowest BCUT2D eigenvalue weighted by Gasteiger charge is -2.31. The summed E-state index contributed by atoms with van der Waals surface area (Å²) in [6, 6.07) is 25.9. The first kappa shape index (κ1) is 24.4. The van der Waals surface area contributed by atoms with Crippen LogP contribution >= 0.6 is 0 Å². The summed E-state index contributed by atoms with van der Waals surface area (Å²) in [5.41, 5.74) is 1.71. The van der Waals surface area contributed by atoms with E-state index in [2.05, 4.69) is 0 Å². The van der Waals surface area contributed by atoms with Gasteiger partial charge in [0.1, 0.15) is 0 Å². The molecule has 0 aliphatic rings. The normalized spacial score (nSPS) is 14.5. The standard InChI is InChI=1S/C27H27FO4S/c1-22(29)32-26(20-19-24-14-7-3-8-15-24)27(28,21-11-16-23-12-5-2-6-13-23)33(30,31)25-17-9-4-10-18-25/h2-10,12-15,17-20,26H,11,16,21H2,1H3/b20-19+/t26-,27+/m1/s1. The van der Waals surface area contributed by atoms with Gasteiger partial charge in [-0.1, -0.05) is 84.9 Å². The van der Waals surface area contributed by atoms with Crippen molar-refractivity contribution >= 4 is 21.9 Å². The van der Waals surface area contributed by atoms with E-state index in [1.165, 1.54) is 30.3 Å². The maximum Gasteiger partial charge on any atom is 0.303 e. The van der Waals surface area contributed by atoms with Gasteiger partial charge in [0, 0.05) is 13.3 Å². The van der Waals surface area contributed by atoms with Crippen LogP contribution in [0.5, 0.6) is 0 Å². The largest absolute Gasteiger partial charge is 0.454 e. The van der Waals surface area contributed by atoms with E-state index in [1.54, 1.807) is 24.3 Å². The SMILES string of the molecule is CC(=O)O[C@H](/C=C/c1ccccc1)[C@](F)(CCCc1ccccc1)S(=O)(=O)c1ccccc1. The van der Waals surface area contributed by atoms with Crippen LogP contribution in [0, 0.1) is 0 Å². The number of hydrogen-bond donors (Lipinski definition) is 0. The van der Waals surface area contributed by atoms with E-state index in [0.717, 1.165) is 18.1 Å². The van der Waals surface area contributed by atoms with Crippen molar-refractivity contribution in [2.45, 2.75) is 42.2 Å². The fourth-order valence-electron chi connectivity index (χ4n) is 3.62. The van der Waals surface area contributed by atoms with E-state index < -0.39 is 26.9 Å². The number of hydrogen-bond acceptors (Lipinski definition) is 4. The molecule has 0 bridgehead atoms. The molecule has 0 saturated heterocycles. The number of halogens is 1. The molecule has 0 aliphatic heterocycles. The van der Waals surface area contributed by atoms with Gasteiger partial charge in [0.2, 0.25) is 9.84 Å². The van der Waals surface area contributed by atoms with E-state index in [4.69, 9.17) is 4.74 Å². The average Bonchev–Trinajstić information content (AvgIpc) is 2.83. The Bertz CT molecular complexity index is 1160. The zero-order valence-electron chi connectivity index (χ0n) is 18.4. The van der Waals surface area contributed by atoms with Gasteiger partial charge in [0.15, 0.2) is 6.10 Å². The first-order valence-electron chi connectivity index (χ1n) is 10.8. The van der Waals surface area contributed by atoms with Gasteiger partial charge >= 0.3 is 5.97 Å². The second kappa shape index (κ2) is 11.1. The zero-order valence-corrected chi connectivity index (χ0v) is 19.2. The third kappa shape index (κ3) is 6.17. The molecule has 0 spiro atoms. The van der Waals surface area contributed by atoms with Crippen molar-refractivity contribution in [3.63, 3.8) is 0 Å². The topological polar surface area (TPSA) is 60.4 Å². The molecule has 0 N–H and O–H groups in total. The van der Waals surface area contributed by atoms with Crippen molar-refractivity contribution in [3.8, 4) is 0 Å². The molecule has 0 unspecified atom stereocenters. The molecule has 0 radical (unpaired) electrons. The number of ether oxygens (including phenoxy) is 1. The lowest BCUT2D eigenvalue weighted by molar-refractivity contribution is -0.148. The summed E-state index contributed by atoms with van der Waals surface area (Å²) < 4.78 is 49.1. The van der Waals surface area contributed by atoms with Crippen LogP contribution in [0.1, 0.15) is 30.9 Å². The Morgan fingerprint density at radius 1 is 0.939 bits per heavy atom. The summed E-state index contributed by atoms with van der Waals surface area (Å²) in [7, 11) is -4.50. The van der Waals surface area contributed by atoms with Gasteiger partial charge in [-0.25, -0.2) is 12.8 Å². The van der Waals surface area contributed by atoms with Crippen LogP contribution in [-0.4, -0.2) is 25.5 Å².